The van der Waals surface area contributed by atoms with Crippen molar-refractivity contribution in [2.75, 3.05) is 13.2 Å². The van der Waals surface area contributed by atoms with Crippen molar-refractivity contribution >= 4 is 10.0 Å². The summed E-state index contributed by atoms with van der Waals surface area (Å²) < 4.78 is 40.2. The van der Waals surface area contributed by atoms with Gasteiger partial charge in [-0.3, -0.25) is 0 Å². The van der Waals surface area contributed by atoms with E-state index in [4.69, 9.17) is 0 Å². The molecule has 1 aliphatic rings. The highest BCUT2D eigenvalue weighted by molar-refractivity contribution is 7.89. The minimum Gasteiger partial charge on any atom is -0.395 e. The summed E-state index contributed by atoms with van der Waals surface area (Å²) in [7, 11) is -3.80. The predicted molar refractivity (Wildman–Crippen MR) is 84.9 cm³/mol. The molecule has 0 aromatic heterocycles. The number of halogens is 1. The summed E-state index contributed by atoms with van der Waals surface area (Å²) in [4.78, 5) is 0.0386. The van der Waals surface area contributed by atoms with Crippen molar-refractivity contribution in [1.29, 1.82) is 0 Å². The van der Waals surface area contributed by atoms with E-state index >= 15 is 0 Å². The zero-order chi connectivity index (χ0) is 16.4. The summed E-state index contributed by atoms with van der Waals surface area (Å²) in [5, 5.41) is 9.33. The lowest BCUT2D eigenvalue weighted by atomic mass is 10.1. The summed E-state index contributed by atoms with van der Waals surface area (Å²) in [6, 6.07) is 12.2. The Kier molecular flexibility index (Phi) is 4.48. The van der Waals surface area contributed by atoms with Crippen molar-refractivity contribution in [2.45, 2.75) is 23.8 Å². The SMILES string of the molecule is O=S(=O)(c1ccc(F)cc1)N(CCO)C1CCc2ccccc21. The highest BCUT2D eigenvalue weighted by atomic mass is 32.2. The largest absolute Gasteiger partial charge is 0.395 e. The van der Waals surface area contributed by atoms with Crippen molar-refractivity contribution < 1.29 is 17.9 Å². The van der Waals surface area contributed by atoms with Crippen LogP contribution in [0.1, 0.15) is 23.6 Å². The summed E-state index contributed by atoms with van der Waals surface area (Å²) >= 11 is 0. The van der Waals surface area contributed by atoms with E-state index in [0.717, 1.165) is 29.7 Å². The van der Waals surface area contributed by atoms with Gasteiger partial charge in [0.25, 0.3) is 0 Å². The van der Waals surface area contributed by atoms with Crippen LogP contribution in [0.5, 0.6) is 0 Å². The molecule has 2 aromatic carbocycles. The van der Waals surface area contributed by atoms with Crippen LogP contribution < -0.4 is 0 Å². The van der Waals surface area contributed by atoms with Crippen LogP contribution in [0.3, 0.4) is 0 Å². The fourth-order valence-electron chi connectivity index (χ4n) is 3.12. The summed E-state index contributed by atoms with van der Waals surface area (Å²) in [5.74, 6) is -0.483. The van der Waals surface area contributed by atoms with Crippen LogP contribution in [0.25, 0.3) is 0 Å². The third-order valence-electron chi connectivity index (χ3n) is 4.19. The van der Waals surface area contributed by atoms with Crippen LogP contribution in [0.4, 0.5) is 4.39 Å². The maximum absolute atomic E-state index is 13.1. The molecule has 0 aliphatic heterocycles. The summed E-state index contributed by atoms with van der Waals surface area (Å²) in [6.45, 7) is -0.252. The fraction of sp³-hybridized carbons (Fsp3) is 0.294. The molecule has 4 nitrogen and oxygen atoms in total. The third-order valence-corrected chi connectivity index (χ3v) is 6.11. The van der Waals surface area contributed by atoms with Crippen LogP contribution >= 0.6 is 0 Å². The number of aliphatic hydroxyl groups is 1. The minimum absolute atomic E-state index is 0.0126. The van der Waals surface area contributed by atoms with Gasteiger partial charge >= 0.3 is 0 Å². The van der Waals surface area contributed by atoms with E-state index in [2.05, 4.69) is 0 Å². The molecule has 122 valence electrons. The average molecular weight is 335 g/mol. The molecular weight excluding hydrogens is 317 g/mol. The van der Waals surface area contributed by atoms with E-state index in [1.54, 1.807) is 0 Å². The van der Waals surface area contributed by atoms with E-state index < -0.39 is 15.8 Å². The first-order valence-corrected chi connectivity index (χ1v) is 8.94. The van der Waals surface area contributed by atoms with Crippen LogP contribution in [-0.4, -0.2) is 31.0 Å². The molecule has 0 saturated carbocycles. The Hall–Kier alpha value is -1.76. The van der Waals surface area contributed by atoms with Crippen LogP contribution in [0.2, 0.25) is 0 Å². The van der Waals surface area contributed by atoms with Gasteiger partial charge in [0.1, 0.15) is 5.82 Å². The van der Waals surface area contributed by atoms with Gasteiger partial charge < -0.3 is 5.11 Å². The third kappa shape index (κ3) is 3.02. The predicted octanol–water partition coefficient (Wildman–Crippen LogP) is 2.50. The van der Waals surface area contributed by atoms with E-state index in [1.165, 1.54) is 16.4 Å². The van der Waals surface area contributed by atoms with E-state index in [-0.39, 0.29) is 24.1 Å². The first-order chi connectivity index (χ1) is 11.0. The van der Waals surface area contributed by atoms with Crippen molar-refractivity contribution in [3.63, 3.8) is 0 Å². The second-order valence-electron chi connectivity index (χ2n) is 5.55. The summed E-state index contributed by atoms with van der Waals surface area (Å²) in [6.07, 6.45) is 1.49. The van der Waals surface area contributed by atoms with Gasteiger partial charge in [-0.25, -0.2) is 12.8 Å². The van der Waals surface area contributed by atoms with Gasteiger partial charge in [0, 0.05) is 6.54 Å². The molecule has 6 heteroatoms. The van der Waals surface area contributed by atoms with Gasteiger partial charge in [-0.05, 0) is 48.2 Å². The molecule has 3 rings (SSSR count). The molecule has 0 amide bonds. The number of fused-ring (bicyclic) bond motifs is 1. The number of benzene rings is 2. The molecular formula is C17H18FNO3S. The minimum atomic E-state index is -3.80. The van der Waals surface area contributed by atoms with Gasteiger partial charge in [0.2, 0.25) is 10.0 Å². The lowest BCUT2D eigenvalue weighted by Crippen LogP contribution is -2.36. The maximum atomic E-state index is 13.1. The van der Waals surface area contributed by atoms with Crippen molar-refractivity contribution in [2.24, 2.45) is 0 Å². The topological polar surface area (TPSA) is 57.6 Å². The molecule has 2 aromatic rings. The maximum Gasteiger partial charge on any atom is 0.243 e. The Balaban J connectivity index is 2.01. The van der Waals surface area contributed by atoms with Gasteiger partial charge in [0.05, 0.1) is 17.5 Å². The molecule has 0 radical (unpaired) electrons. The second-order valence-corrected chi connectivity index (χ2v) is 7.44. The van der Waals surface area contributed by atoms with Crippen LogP contribution in [0.15, 0.2) is 53.4 Å². The highest BCUT2D eigenvalue weighted by Gasteiger charge is 2.35. The van der Waals surface area contributed by atoms with Crippen molar-refractivity contribution in [1.82, 2.24) is 4.31 Å². The zero-order valence-electron chi connectivity index (χ0n) is 12.5. The number of aliphatic hydroxyl groups excluding tert-OH is 1. The van der Waals surface area contributed by atoms with Crippen LogP contribution in [0, 0.1) is 5.82 Å². The van der Waals surface area contributed by atoms with E-state index in [0.29, 0.717) is 6.42 Å². The molecule has 1 N–H and O–H groups in total. The lowest BCUT2D eigenvalue weighted by molar-refractivity contribution is 0.225. The number of hydrogen-bond donors (Lipinski definition) is 1. The first-order valence-electron chi connectivity index (χ1n) is 7.50. The molecule has 1 unspecified atom stereocenters. The number of aryl methyl sites for hydroxylation is 1. The van der Waals surface area contributed by atoms with Crippen LogP contribution in [-0.2, 0) is 16.4 Å². The number of hydrogen-bond acceptors (Lipinski definition) is 3. The van der Waals surface area contributed by atoms with Gasteiger partial charge in [-0.15, -0.1) is 0 Å². The van der Waals surface area contributed by atoms with E-state index in [1.807, 2.05) is 24.3 Å². The smallest absolute Gasteiger partial charge is 0.243 e. The molecule has 1 aliphatic carbocycles. The second kappa shape index (κ2) is 6.39. The summed E-state index contributed by atoms with van der Waals surface area (Å²) in [5.41, 5.74) is 2.11. The molecule has 0 spiro atoms. The van der Waals surface area contributed by atoms with Gasteiger partial charge in [-0.2, -0.15) is 4.31 Å². The molecule has 0 fully saturated rings. The quantitative estimate of drug-likeness (QED) is 0.913. The average Bonchev–Trinajstić information content (AvgIpc) is 2.96. The Morgan fingerprint density at radius 3 is 2.52 bits per heavy atom. The number of sulfonamides is 1. The standard InChI is InChI=1S/C17H18FNO3S/c18-14-6-8-15(9-7-14)23(21,22)19(11-12-20)17-10-5-13-3-1-2-4-16(13)17/h1-4,6-9,17,20H,5,10-12H2. The molecule has 0 heterocycles. The molecule has 0 saturated heterocycles. The number of rotatable bonds is 5. The molecule has 1 atom stereocenters. The van der Waals surface area contributed by atoms with Gasteiger partial charge in [-0.1, -0.05) is 24.3 Å². The lowest BCUT2D eigenvalue weighted by Gasteiger charge is -2.28. The Morgan fingerprint density at radius 1 is 1.13 bits per heavy atom. The van der Waals surface area contributed by atoms with Gasteiger partial charge in [0.15, 0.2) is 0 Å². The number of nitrogens with zero attached hydrogens (tertiary/aromatic N) is 1. The first kappa shape index (κ1) is 16.1. The Labute approximate surface area is 135 Å². The van der Waals surface area contributed by atoms with Crippen molar-refractivity contribution in [3.05, 3.63) is 65.5 Å². The van der Waals surface area contributed by atoms with E-state index in [9.17, 15) is 17.9 Å². The fourth-order valence-corrected chi connectivity index (χ4v) is 4.74. The Morgan fingerprint density at radius 2 is 1.83 bits per heavy atom. The molecule has 23 heavy (non-hydrogen) atoms. The normalized spacial score (nSPS) is 17.4. The Bertz CT molecular complexity index is 790. The molecule has 0 bridgehead atoms. The van der Waals surface area contributed by atoms with Crippen molar-refractivity contribution in [3.8, 4) is 0 Å². The monoisotopic (exact) mass is 335 g/mol. The zero-order valence-corrected chi connectivity index (χ0v) is 13.3. The highest BCUT2D eigenvalue weighted by Crippen LogP contribution is 2.38.